The maximum absolute atomic E-state index is 12.5. The third-order valence-corrected chi connectivity index (χ3v) is 4.57. The zero-order valence-corrected chi connectivity index (χ0v) is 17.0. The summed E-state index contributed by atoms with van der Waals surface area (Å²) in [5, 5.41) is 0. The number of rotatable bonds is 6. The lowest BCUT2D eigenvalue weighted by Crippen LogP contribution is -2.45. The van der Waals surface area contributed by atoms with Crippen molar-refractivity contribution in [2.75, 3.05) is 7.11 Å². The molecule has 0 radical (unpaired) electrons. The van der Waals surface area contributed by atoms with Crippen molar-refractivity contribution in [2.45, 2.75) is 64.0 Å². The fraction of sp³-hybridized carbons (Fsp3) is 0.647. The molecule has 3 atom stereocenters. The summed E-state index contributed by atoms with van der Waals surface area (Å²) in [5.74, 6) is -0.572. The first-order valence-electron chi connectivity index (χ1n) is 8.04. The molecule has 1 heterocycles. The standard InChI is InChI=1S/C17H27NO7S/c1-16(2,3)25-15(20)24-13(14(19)22-7)12(11-9-8-10-23-11)18-26(21)17(4,5)6/h8-10,12-13,18H,1-7H3/t12-,13+,26+/m1/s1. The third kappa shape index (κ3) is 6.80. The molecule has 1 aromatic rings. The molecule has 0 aliphatic heterocycles. The SMILES string of the molecule is COC(=O)[C@@H](OC(=O)OC(C)(C)C)[C@H](N[S@@](=O)C(C)(C)C)c1ccco1. The van der Waals surface area contributed by atoms with E-state index >= 15 is 0 Å². The molecule has 1 rings (SSSR count). The predicted molar refractivity (Wildman–Crippen MR) is 95.6 cm³/mol. The van der Waals surface area contributed by atoms with Crippen LogP contribution >= 0.6 is 0 Å². The van der Waals surface area contributed by atoms with Crippen LogP contribution in [0.25, 0.3) is 0 Å². The summed E-state index contributed by atoms with van der Waals surface area (Å²) >= 11 is 0. The molecule has 148 valence electrons. The van der Waals surface area contributed by atoms with Gasteiger partial charge in [-0.1, -0.05) is 0 Å². The number of esters is 1. The monoisotopic (exact) mass is 389 g/mol. The third-order valence-electron chi connectivity index (χ3n) is 2.99. The van der Waals surface area contributed by atoms with E-state index in [9.17, 15) is 13.8 Å². The number of hydrogen-bond acceptors (Lipinski definition) is 7. The van der Waals surface area contributed by atoms with Crippen molar-refractivity contribution in [1.29, 1.82) is 0 Å². The Hall–Kier alpha value is -1.87. The van der Waals surface area contributed by atoms with Crippen LogP contribution in [-0.4, -0.2) is 39.9 Å². The molecule has 0 spiro atoms. The first-order valence-corrected chi connectivity index (χ1v) is 9.19. The Morgan fingerprint density at radius 1 is 1.19 bits per heavy atom. The molecule has 0 unspecified atom stereocenters. The van der Waals surface area contributed by atoms with Crippen molar-refractivity contribution in [2.24, 2.45) is 0 Å². The van der Waals surface area contributed by atoms with Crippen LogP contribution in [0.4, 0.5) is 4.79 Å². The maximum Gasteiger partial charge on any atom is 0.509 e. The lowest BCUT2D eigenvalue weighted by Gasteiger charge is -2.28. The molecule has 0 aliphatic rings. The van der Waals surface area contributed by atoms with Crippen molar-refractivity contribution in [3.8, 4) is 0 Å². The van der Waals surface area contributed by atoms with Crippen LogP contribution in [0.3, 0.4) is 0 Å². The highest BCUT2D eigenvalue weighted by Gasteiger charge is 2.39. The summed E-state index contributed by atoms with van der Waals surface area (Å²) in [6.45, 7) is 10.3. The largest absolute Gasteiger partial charge is 0.509 e. The van der Waals surface area contributed by atoms with E-state index in [4.69, 9.17) is 18.6 Å². The van der Waals surface area contributed by atoms with Crippen molar-refractivity contribution in [1.82, 2.24) is 4.72 Å². The first-order chi connectivity index (χ1) is 11.8. The Kier molecular flexibility index (Phi) is 7.40. The minimum Gasteiger partial charge on any atom is -0.467 e. The van der Waals surface area contributed by atoms with Crippen molar-refractivity contribution in [3.63, 3.8) is 0 Å². The highest BCUT2D eigenvalue weighted by atomic mass is 32.2. The van der Waals surface area contributed by atoms with E-state index in [1.165, 1.54) is 6.26 Å². The molecule has 0 saturated carbocycles. The molecule has 0 aliphatic carbocycles. The van der Waals surface area contributed by atoms with Crippen LogP contribution in [0.2, 0.25) is 0 Å². The summed E-state index contributed by atoms with van der Waals surface area (Å²) in [6.07, 6.45) is -1.11. The lowest BCUT2D eigenvalue weighted by molar-refractivity contribution is -0.155. The average molecular weight is 389 g/mol. The Morgan fingerprint density at radius 3 is 2.23 bits per heavy atom. The van der Waals surface area contributed by atoms with E-state index in [0.29, 0.717) is 0 Å². The van der Waals surface area contributed by atoms with Gasteiger partial charge in [0, 0.05) is 0 Å². The van der Waals surface area contributed by atoms with Crippen LogP contribution in [-0.2, 0) is 30.0 Å². The van der Waals surface area contributed by atoms with Crippen molar-refractivity contribution >= 4 is 23.1 Å². The van der Waals surface area contributed by atoms with E-state index in [1.54, 1.807) is 53.7 Å². The van der Waals surface area contributed by atoms with Gasteiger partial charge in [-0.3, -0.25) is 0 Å². The Balaban J connectivity index is 3.15. The van der Waals surface area contributed by atoms with Gasteiger partial charge in [-0.15, -0.1) is 0 Å². The van der Waals surface area contributed by atoms with Crippen molar-refractivity contribution < 1.29 is 32.4 Å². The molecule has 26 heavy (non-hydrogen) atoms. The second-order valence-electron chi connectivity index (χ2n) is 7.52. The molecule has 0 fully saturated rings. The fourth-order valence-corrected chi connectivity index (χ4v) is 2.60. The van der Waals surface area contributed by atoms with Crippen LogP contribution in [0.15, 0.2) is 22.8 Å². The normalized spacial score (nSPS) is 15.7. The summed E-state index contributed by atoms with van der Waals surface area (Å²) in [4.78, 5) is 24.3. The van der Waals surface area contributed by atoms with Crippen LogP contribution < -0.4 is 4.72 Å². The van der Waals surface area contributed by atoms with E-state index < -0.39 is 45.6 Å². The number of methoxy groups -OCH3 is 1. The number of carbonyl (C=O) groups excluding carboxylic acids is 2. The van der Waals surface area contributed by atoms with Crippen LogP contribution in [0.5, 0.6) is 0 Å². The Bertz CT molecular complexity index is 629. The molecule has 0 saturated heterocycles. The summed E-state index contributed by atoms with van der Waals surface area (Å²) in [6, 6.07) is 2.16. The zero-order valence-electron chi connectivity index (χ0n) is 16.2. The Morgan fingerprint density at radius 2 is 1.81 bits per heavy atom. The van der Waals surface area contributed by atoms with Gasteiger partial charge in [0.25, 0.3) is 0 Å². The number of carbonyl (C=O) groups is 2. The molecule has 0 bridgehead atoms. The molecule has 8 nitrogen and oxygen atoms in total. The summed E-state index contributed by atoms with van der Waals surface area (Å²) in [5.41, 5.74) is -0.806. The average Bonchev–Trinajstić information content (AvgIpc) is 3.00. The number of hydrogen-bond donors (Lipinski definition) is 1. The van der Waals surface area contributed by atoms with Gasteiger partial charge in [-0.2, -0.15) is 0 Å². The van der Waals surface area contributed by atoms with Crippen LogP contribution in [0.1, 0.15) is 53.3 Å². The molecular weight excluding hydrogens is 362 g/mol. The summed E-state index contributed by atoms with van der Waals surface area (Å²) in [7, 11) is -0.414. The van der Waals surface area contributed by atoms with Gasteiger partial charge >= 0.3 is 12.1 Å². The fourth-order valence-electron chi connectivity index (χ4n) is 1.78. The molecular formula is C17H27NO7S. The van der Waals surface area contributed by atoms with Gasteiger partial charge in [-0.25, -0.2) is 18.5 Å². The second-order valence-corrected chi connectivity index (χ2v) is 9.52. The maximum atomic E-state index is 12.5. The molecule has 0 amide bonds. The smallest absolute Gasteiger partial charge is 0.467 e. The lowest BCUT2D eigenvalue weighted by atomic mass is 10.1. The zero-order chi connectivity index (χ0) is 20.1. The molecule has 0 aromatic carbocycles. The molecule has 9 heteroatoms. The highest BCUT2D eigenvalue weighted by Crippen LogP contribution is 2.25. The van der Waals surface area contributed by atoms with E-state index in [0.717, 1.165) is 7.11 Å². The second kappa shape index (κ2) is 8.68. The van der Waals surface area contributed by atoms with Gasteiger partial charge < -0.3 is 18.6 Å². The molecule has 1 N–H and O–H groups in total. The quantitative estimate of drug-likeness (QED) is 0.746. The van der Waals surface area contributed by atoms with Crippen molar-refractivity contribution in [3.05, 3.63) is 24.2 Å². The topological polar surface area (TPSA) is 104 Å². The van der Waals surface area contributed by atoms with Gasteiger partial charge in [0.05, 0.1) is 29.1 Å². The van der Waals surface area contributed by atoms with Crippen LogP contribution in [0, 0.1) is 0 Å². The number of ether oxygens (including phenoxy) is 3. The van der Waals surface area contributed by atoms with E-state index in [2.05, 4.69) is 4.72 Å². The van der Waals surface area contributed by atoms with E-state index in [1.807, 2.05) is 0 Å². The highest BCUT2D eigenvalue weighted by molar-refractivity contribution is 7.84. The van der Waals surface area contributed by atoms with E-state index in [-0.39, 0.29) is 5.76 Å². The predicted octanol–water partition coefficient (Wildman–Crippen LogP) is 2.87. The number of nitrogens with one attached hydrogen (secondary N) is 1. The van der Waals surface area contributed by atoms with Gasteiger partial charge in [-0.05, 0) is 53.7 Å². The number of furan rings is 1. The van der Waals surface area contributed by atoms with Gasteiger partial charge in [0.15, 0.2) is 0 Å². The van der Waals surface area contributed by atoms with Gasteiger partial charge in [0.2, 0.25) is 6.10 Å². The summed E-state index contributed by atoms with van der Waals surface area (Å²) < 4.78 is 35.0. The first kappa shape index (κ1) is 22.2. The minimum atomic E-state index is -1.57. The van der Waals surface area contributed by atoms with Gasteiger partial charge in [0.1, 0.15) is 17.4 Å². The Labute approximate surface area is 156 Å². The molecule has 1 aromatic heterocycles. The minimum absolute atomic E-state index is 0.265.